The van der Waals surface area contributed by atoms with E-state index in [0.717, 1.165) is 22.0 Å². The predicted octanol–water partition coefficient (Wildman–Crippen LogP) is 4.06. The van der Waals surface area contributed by atoms with Crippen molar-refractivity contribution in [2.45, 2.75) is 6.92 Å². The highest BCUT2D eigenvalue weighted by Gasteiger charge is 2.07. The van der Waals surface area contributed by atoms with Crippen LogP contribution in [0.4, 0.5) is 0 Å². The summed E-state index contributed by atoms with van der Waals surface area (Å²) in [5.74, 6) is -0.176. The van der Waals surface area contributed by atoms with Gasteiger partial charge in [-0.2, -0.15) is 5.10 Å². The van der Waals surface area contributed by atoms with Crippen LogP contribution in [0.3, 0.4) is 0 Å². The number of hydrazone groups is 1. The maximum atomic E-state index is 11.9. The topological polar surface area (TPSA) is 41.5 Å². The second kappa shape index (κ2) is 5.89. The third-order valence-electron chi connectivity index (χ3n) is 3.25. The number of rotatable bonds is 3. The van der Waals surface area contributed by atoms with Crippen LogP contribution in [0.2, 0.25) is 0 Å². The van der Waals surface area contributed by atoms with Gasteiger partial charge in [0.15, 0.2) is 0 Å². The van der Waals surface area contributed by atoms with E-state index in [1.165, 1.54) is 11.3 Å². The quantitative estimate of drug-likeness (QED) is 0.574. The molecule has 1 N–H and O–H groups in total. The maximum absolute atomic E-state index is 11.9. The van der Waals surface area contributed by atoms with Gasteiger partial charge >= 0.3 is 0 Å². The van der Waals surface area contributed by atoms with Crippen LogP contribution in [0.25, 0.3) is 10.8 Å². The van der Waals surface area contributed by atoms with E-state index in [1.54, 1.807) is 6.07 Å². The first-order chi connectivity index (χ1) is 10.3. The molecule has 21 heavy (non-hydrogen) atoms. The van der Waals surface area contributed by atoms with E-state index in [4.69, 9.17) is 0 Å². The summed E-state index contributed by atoms with van der Waals surface area (Å²) in [4.78, 5) is 12.6. The van der Waals surface area contributed by atoms with Gasteiger partial charge in [0.05, 0.1) is 10.6 Å². The molecule has 0 spiro atoms. The molecule has 0 radical (unpaired) electrons. The zero-order valence-electron chi connectivity index (χ0n) is 11.5. The van der Waals surface area contributed by atoms with Crippen molar-refractivity contribution in [2.75, 3.05) is 0 Å². The molecule has 1 aromatic heterocycles. The highest BCUT2D eigenvalue weighted by atomic mass is 32.1. The Balaban J connectivity index is 1.88. The van der Waals surface area contributed by atoms with Crippen molar-refractivity contribution in [3.63, 3.8) is 0 Å². The zero-order chi connectivity index (χ0) is 14.7. The fraction of sp³-hybridized carbons (Fsp3) is 0.0588. The Kier molecular flexibility index (Phi) is 3.79. The van der Waals surface area contributed by atoms with Crippen molar-refractivity contribution in [1.29, 1.82) is 0 Å². The van der Waals surface area contributed by atoms with Crippen LogP contribution >= 0.6 is 11.3 Å². The predicted molar refractivity (Wildman–Crippen MR) is 87.9 cm³/mol. The van der Waals surface area contributed by atoms with E-state index in [-0.39, 0.29) is 5.91 Å². The third-order valence-corrected chi connectivity index (χ3v) is 4.12. The van der Waals surface area contributed by atoms with Crippen molar-refractivity contribution in [2.24, 2.45) is 5.10 Å². The van der Waals surface area contributed by atoms with Gasteiger partial charge in [0.1, 0.15) is 0 Å². The number of carbonyl (C=O) groups excluding carboxylic acids is 1. The van der Waals surface area contributed by atoms with E-state index in [0.29, 0.717) is 4.88 Å². The Bertz CT molecular complexity index is 801. The summed E-state index contributed by atoms with van der Waals surface area (Å²) < 4.78 is 0. The summed E-state index contributed by atoms with van der Waals surface area (Å²) in [5.41, 5.74) is 4.42. The first kappa shape index (κ1) is 13.5. The molecular formula is C17H14N2OS. The van der Waals surface area contributed by atoms with Gasteiger partial charge in [0.25, 0.3) is 5.91 Å². The number of thiophene rings is 1. The van der Waals surface area contributed by atoms with Gasteiger partial charge in [0, 0.05) is 5.56 Å². The van der Waals surface area contributed by atoms with E-state index < -0.39 is 0 Å². The minimum atomic E-state index is -0.176. The van der Waals surface area contributed by atoms with Gasteiger partial charge in [0.2, 0.25) is 0 Å². The van der Waals surface area contributed by atoms with Crippen molar-refractivity contribution >= 4 is 33.7 Å². The van der Waals surface area contributed by atoms with Crippen LogP contribution in [-0.4, -0.2) is 11.6 Å². The molecule has 3 aromatic rings. The van der Waals surface area contributed by atoms with Crippen molar-refractivity contribution < 1.29 is 4.79 Å². The summed E-state index contributed by atoms with van der Waals surface area (Å²) in [6.07, 6.45) is 0. The summed E-state index contributed by atoms with van der Waals surface area (Å²) in [7, 11) is 0. The maximum Gasteiger partial charge on any atom is 0.281 e. The number of nitrogens with zero attached hydrogens (tertiary/aromatic N) is 1. The number of nitrogens with one attached hydrogen (secondary N) is 1. The van der Waals surface area contributed by atoms with E-state index >= 15 is 0 Å². The minimum absolute atomic E-state index is 0.176. The molecule has 3 rings (SSSR count). The Morgan fingerprint density at radius 1 is 1.05 bits per heavy atom. The lowest BCUT2D eigenvalue weighted by Gasteiger charge is -2.06. The minimum Gasteiger partial charge on any atom is -0.266 e. The van der Waals surface area contributed by atoms with E-state index in [2.05, 4.69) is 28.7 Å². The molecule has 2 aromatic carbocycles. The number of fused-ring (bicyclic) bond motifs is 1. The van der Waals surface area contributed by atoms with Crippen LogP contribution in [0.1, 0.15) is 22.2 Å². The molecule has 3 nitrogen and oxygen atoms in total. The fourth-order valence-corrected chi connectivity index (χ4v) is 2.81. The van der Waals surface area contributed by atoms with E-state index in [9.17, 15) is 4.79 Å². The molecule has 0 atom stereocenters. The largest absolute Gasteiger partial charge is 0.281 e. The highest BCUT2D eigenvalue weighted by Crippen LogP contribution is 2.19. The lowest BCUT2D eigenvalue weighted by Crippen LogP contribution is -2.18. The molecule has 0 saturated heterocycles. The molecule has 1 heterocycles. The van der Waals surface area contributed by atoms with Gasteiger partial charge in [-0.3, -0.25) is 4.79 Å². The average molecular weight is 294 g/mol. The summed E-state index contributed by atoms with van der Waals surface area (Å²) in [6.45, 7) is 1.90. The van der Waals surface area contributed by atoms with E-state index in [1.807, 2.05) is 42.6 Å². The van der Waals surface area contributed by atoms with Crippen LogP contribution in [0.15, 0.2) is 65.1 Å². The molecule has 0 aliphatic rings. The van der Waals surface area contributed by atoms with Crippen molar-refractivity contribution in [3.8, 4) is 0 Å². The summed E-state index contributed by atoms with van der Waals surface area (Å²) >= 11 is 1.40. The highest BCUT2D eigenvalue weighted by molar-refractivity contribution is 7.12. The number of carbonyl (C=O) groups is 1. The molecule has 1 amide bonds. The Labute approximate surface area is 126 Å². The molecule has 0 fully saturated rings. The molecule has 104 valence electrons. The second-order valence-corrected chi connectivity index (χ2v) is 5.59. The van der Waals surface area contributed by atoms with Gasteiger partial charge in [-0.15, -0.1) is 11.3 Å². The van der Waals surface area contributed by atoms with Crippen LogP contribution < -0.4 is 5.43 Å². The Hall–Kier alpha value is -2.46. The summed E-state index contributed by atoms with van der Waals surface area (Å²) in [5, 5.41) is 8.39. The molecule has 0 aliphatic heterocycles. The lowest BCUT2D eigenvalue weighted by atomic mass is 10.0. The fourth-order valence-electron chi connectivity index (χ4n) is 2.20. The first-order valence-corrected chi connectivity index (χ1v) is 7.50. The zero-order valence-corrected chi connectivity index (χ0v) is 12.4. The lowest BCUT2D eigenvalue weighted by molar-refractivity contribution is 0.0959. The average Bonchev–Trinajstić information content (AvgIpc) is 3.06. The van der Waals surface area contributed by atoms with Gasteiger partial charge in [-0.1, -0.05) is 48.5 Å². The summed E-state index contributed by atoms with van der Waals surface area (Å²) in [6, 6.07) is 17.8. The molecule has 4 heteroatoms. The monoisotopic (exact) mass is 294 g/mol. The van der Waals surface area contributed by atoms with Gasteiger partial charge in [-0.05, 0) is 29.1 Å². The van der Waals surface area contributed by atoms with Crippen LogP contribution in [-0.2, 0) is 0 Å². The van der Waals surface area contributed by atoms with Crippen molar-refractivity contribution in [3.05, 3.63) is 70.4 Å². The normalized spacial score (nSPS) is 11.6. The van der Waals surface area contributed by atoms with Crippen LogP contribution in [0, 0.1) is 0 Å². The standard InChI is InChI=1S/C17H14N2OS/c1-12(18-19-17(20)16-10-5-11-21-16)14-9-4-7-13-6-2-3-8-15(13)14/h2-11H,1H3,(H,19,20)/b18-12+. The number of amides is 1. The number of benzene rings is 2. The van der Waals surface area contributed by atoms with Gasteiger partial charge in [-0.25, -0.2) is 5.43 Å². The van der Waals surface area contributed by atoms with Gasteiger partial charge < -0.3 is 0 Å². The molecule has 0 saturated carbocycles. The Morgan fingerprint density at radius 2 is 1.86 bits per heavy atom. The second-order valence-electron chi connectivity index (χ2n) is 4.64. The molecular weight excluding hydrogens is 280 g/mol. The molecule has 0 unspecified atom stereocenters. The SMILES string of the molecule is C/C(=N\NC(=O)c1cccs1)c1cccc2ccccc12. The molecule has 0 bridgehead atoms. The van der Waals surface area contributed by atoms with Crippen LogP contribution in [0.5, 0.6) is 0 Å². The first-order valence-electron chi connectivity index (χ1n) is 6.62. The molecule has 0 aliphatic carbocycles. The third kappa shape index (κ3) is 2.85. The number of hydrogen-bond acceptors (Lipinski definition) is 3. The number of hydrogen-bond donors (Lipinski definition) is 1. The Morgan fingerprint density at radius 3 is 2.67 bits per heavy atom. The smallest absolute Gasteiger partial charge is 0.266 e. The van der Waals surface area contributed by atoms with Crippen molar-refractivity contribution in [1.82, 2.24) is 5.43 Å².